The van der Waals surface area contributed by atoms with Crippen molar-refractivity contribution in [3.05, 3.63) is 23.9 Å². The molecule has 0 aliphatic carbocycles. The third-order valence-electron chi connectivity index (χ3n) is 3.05. The van der Waals surface area contributed by atoms with Crippen LogP contribution in [0.25, 0.3) is 0 Å². The number of hydrogen-bond donors (Lipinski definition) is 1. The highest BCUT2D eigenvalue weighted by atomic mass is 16.5. The van der Waals surface area contributed by atoms with Gasteiger partial charge in [0.25, 0.3) is 0 Å². The monoisotopic (exact) mass is 236 g/mol. The molecule has 1 unspecified atom stereocenters. The van der Waals surface area contributed by atoms with Gasteiger partial charge in [0.1, 0.15) is 0 Å². The lowest BCUT2D eigenvalue weighted by atomic mass is 10.0. The van der Waals surface area contributed by atoms with Crippen LogP contribution in [0.15, 0.2) is 18.3 Å². The fourth-order valence-corrected chi connectivity index (χ4v) is 1.93. The molecule has 0 bridgehead atoms. The number of ether oxygens (including phenoxy) is 1. The summed E-state index contributed by atoms with van der Waals surface area (Å²) in [5, 5.41) is 3.38. The number of nitrogens with one attached hydrogen (secondary N) is 1. The summed E-state index contributed by atoms with van der Waals surface area (Å²) < 4.78 is 5.05. The highest BCUT2D eigenvalue weighted by Gasteiger charge is 2.07. The molecule has 0 aliphatic heterocycles. The third kappa shape index (κ3) is 5.18. The van der Waals surface area contributed by atoms with Crippen molar-refractivity contribution < 1.29 is 4.74 Å². The maximum atomic E-state index is 5.05. The Labute approximate surface area is 105 Å². The number of rotatable bonds is 8. The van der Waals surface area contributed by atoms with Gasteiger partial charge in [-0.1, -0.05) is 32.3 Å². The molecule has 3 nitrogen and oxygen atoms in total. The molecule has 0 amide bonds. The zero-order chi connectivity index (χ0) is 12.5. The third-order valence-corrected chi connectivity index (χ3v) is 3.05. The van der Waals surface area contributed by atoms with Gasteiger partial charge in [-0.3, -0.25) is 0 Å². The van der Waals surface area contributed by atoms with E-state index in [1.54, 1.807) is 7.11 Å². The van der Waals surface area contributed by atoms with E-state index in [1.807, 2.05) is 19.3 Å². The fourth-order valence-electron chi connectivity index (χ4n) is 1.93. The lowest BCUT2D eigenvalue weighted by molar-refractivity contribution is 0.397. The molecule has 1 heterocycles. The molecule has 96 valence electrons. The molecular weight excluding hydrogens is 212 g/mol. The number of unbranched alkanes of at least 4 members (excludes halogenated alkanes) is 2. The van der Waals surface area contributed by atoms with Crippen molar-refractivity contribution in [3.63, 3.8) is 0 Å². The smallest absolute Gasteiger partial charge is 0.212 e. The lowest BCUT2D eigenvalue weighted by Crippen LogP contribution is -2.27. The van der Waals surface area contributed by atoms with E-state index >= 15 is 0 Å². The van der Waals surface area contributed by atoms with E-state index < -0.39 is 0 Å². The average molecular weight is 236 g/mol. The van der Waals surface area contributed by atoms with Crippen LogP contribution < -0.4 is 10.1 Å². The van der Waals surface area contributed by atoms with Gasteiger partial charge in [-0.2, -0.15) is 0 Å². The standard InChI is InChI=1S/C14H24N2O/c1-4-5-6-7-13(15-2)10-12-8-9-14(17-3)16-11-12/h8-9,11,13,15H,4-7,10H2,1-3H3. The summed E-state index contributed by atoms with van der Waals surface area (Å²) in [4.78, 5) is 4.23. The maximum absolute atomic E-state index is 5.05. The largest absolute Gasteiger partial charge is 0.481 e. The Balaban J connectivity index is 2.43. The molecule has 1 aromatic heterocycles. The zero-order valence-corrected chi connectivity index (χ0v) is 11.2. The first-order valence-electron chi connectivity index (χ1n) is 6.46. The number of methoxy groups -OCH3 is 1. The molecule has 1 N–H and O–H groups in total. The van der Waals surface area contributed by atoms with Crippen molar-refractivity contribution in [3.8, 4) is 5.88 Å². The number of pyridine rings is 1. The number of hydrogen-bond acceptors (Lipinski definition) is 3. The molecule has 0 aliphatic rings. The quantitative estimate of drug-likeness (QED) is 0.705. The molecule has 17 heavy (non-hydrogen) atoms. The second-order valence-electron chi connectivity index (χ2n) is 4.39. The fraction of sp³-hybridized carbons (Fsp3) is 0.643. The summed E-state index contributed by atoms with van der Waals surface area (Å²) >= 11 is 0. The molecule has 3 heteroatoms. The minimum atomic E-state index is 0.553. The van der Waals surface area contributed by atoms with Crippen LogP contribution in [-0.2, 0) is 6.42 Å². The van der Waals surface area contributed by atoms with Crippen molar-refractivity contribution in [2.45, 2.75) is 45.1 Å². The molecule has 1 rings (SSSR count). The summed E-state index contributed by atoms with van der Waals surface area (Å²) in [6, 6.07) is 4.57. The van der Waals surface area contributed by atoms with Gasteiger partial charge in [-0.25, -0.2) is 4.98 Å². The second-order valence-corrected chi connectivity index (χ2v) is 4.39. The Morgan fingerprint density at radius 1 is 1.35 bits per heavy atom. The van der Waals surface area contributed by atoms with E-state index in [0.717, 1.165) is 6.42 Å². The van der Waals surface area contributed by atoms with Gasteiger partial charge in [-0.05, 0) is 25.5 Å². The van der Waals surface area contributed by atoms with E-state index in [-0.39, 0.29) is 0 Å². The normalized spacial score (nSPS) is 12.4. The molecule has 1 aromatic rings. The first kappa shape index (κ1) is 14.0. The van der Waals surface area contributed by atoms with Gasteiger partial charge in [0.2, 0.25) is 5.88 Å². The summed E-state index contributed by atoms with van der Waals surface area (Å²) in [5.74, 6) is 0.681. The van der Waals surface area contributed by atoms with Crippen molar-refractivity contribution >= 4 is 0 Å². The average Bonchev–Trinajstić information content (AvgIpc) is 2.38. The van der Waals surface area contributed by atoms with Crippen LogP contribution in [0.2, 0.25) is 0 Å². The van der Waals surface area contributed by atoms with Crippen LogP contribution >= 0.6 is 0 Å². The van der Waals surface area contributed by atoms with E-state index in [2.05, 4.69) is 23.3 Å². The van der Waals surface area contributed by atoms with E-state index in [9.17, 15) is 0 Å². The summed E-state index contributed by atoms with van der Waals surface area (Å²) in [7, 11) is 3.68. The van der Waals surface area contributed by atoms with Crippen LogP contribution in [0.3, 0.4) is 0 Å². The molecule has 0 fully saturated rings. The van der Waals surface area contributed by atoms with Crippen molar-refractivity contribution in [2.24, 2.45) is 0 Å². The van der Waals surface area contributed by atoms with E-state index in [4.69, 9.17) is 4.74 Å². The number of aromatic nitrogens is 1. The van der Waals surface area contributed by atoms with Gasteiger partial charge < -0.3 is 10.1 Å². The molecule has 1 atom stereocenters. The van der Waals surface area contributed by atoms with Gasteiger partial charge in [0.15, 0.2) is 0 Å². The minimum absolute atomic E-state index is 0.553. The van der Waals surface area contributed by atoms with Crippen molar-refractivity contribution in [1.29, 1.82) is 0 Å². The number of likely N-dealkylation sites (N-methyl/N-ethyl adjacent to an activating group) is 1. The first-order valence-corrected chi connectivity index (χ1v) is 6.46. The minimum Gasteiger partial charge on any atom is -0.481 e. The van der Waals surface area contributed by atoms with E-state index in [0.29, 0.717) is 11.9 Å². The van der Waals surface area contributed by atoms with Crippen molar-refractivity contribution in [2.75, 3.05) is 14.2 Å². The maximum Gasteiger partial charge on any atom is 0.212 e. The SMILES string of the molecule is CCCCCC(Cc1ccc(OC)nc1)NC. The Kier molecular flexibility index (Phi) is 6.63. The lowest BCUT2D eigenvalue weighted by Gasteiger charge is -2.15. The predicted molar refractivity (Wildman–Crippen MR) is 71.5 cm³/mol. The van der Waals surface area contributed by atoms with Gasteiger partial charge in [-0.15, -0.1) is 0 Å². The Morgan fingerprint density at radius 2 is 2.18 bits per heavy atom. The van der Waals surface area contributed by atoms with Gasteiger partial charge >= 0.3 is 0 Å². The Bertz CT molecular complexity index is 298. The van der Waals surface area contributed by atoms with Crippen LogP contribution in [0, 0.1) is 0 Å². The second kappa shape index (κ2) is 8.07. The van der Waals surface area contributed by atoms with E-state index in [1.165, 1.54) is 31.2 Å². The summed E-state index contributed by atoms with van der Waals surface area (Å²) in [6.07, 6.45) is 8.07. The molecule has 0 saturated carbocycles. The topological polar surface area (TPSA) is 34.1 Å². The highest BCUT2D eigenvalue weighted by Crippen LogP contribution is 2.11. The first-order chi connectivity index (χ1) is 8.30. The van der Waals surface area contributed by atoms with Crippen LogP contribution in [0.1, 0.15) is 38.2 Å². The molecule has 0 radical (unpaired) electrons. The van der Waals surface area contributed by atoms with Crippen LogP contribution in [-0.4, -0.2) is 25.2 Å². The molecule has 0 spiro atoms. The van der Waals surface area contributed by atoms with Gasteiger partial charge in [0.05, 0.1) is 7.11 Å². The molecular formula is C14H24N2O. The zero-order valence-electron chi connectivity index (χ0n) is 11.2. The predicted octanol–water partition coefficient (Wildman–Crippen LogP) is 2.80. The molecule has 0 aromatic carbocycles. The Hall–Kier alpha value is -1.09. The number of nitrogens with zero attached hydrogens (tertiary/aromatic N) is 1. The van der Waals surface area contributed by atoms with Crippen LogP contribution in [0.5, 0.6) is 5.88 Å². The highest BCUT2D eigenvalue weighted by molar-refractivity contribution is 5.18. The summed E-state index contributed by atoms with van der Waals surface area (Å²) in [5.41, 5.74) is 1.27. The Morgan fingerprint density at radius 3 is 2.71 bits per heavy atom. The van der Waals surface area contributed by atoms with Crippen molar-refractivity contribution in [1.82, 2.24) is 10.3 Å². The molecule has 0 saturated heterocycles. The van der Waals surface area contributed by atoms with Gasteiger partial charge in [0, 0.05) is 18.3 Å². The summed E-state index contributed by atoms with van der Waals surface area (Å²) in [6.45, 7) is 2.24. The van der Waals surface area contributed by atoms with Crippen LogP contribution in [0.4, 0.5) is 0 Å².